The number of fused-ring (bicyclic) bond motifs is 1. The van der Waals surface area contributed by atoms with Gasteiger partial charge in [-0.05, 0) is 38.3 Å². The summed E-state index contributed by atoms with van der Waals surface area (Å²) in [6.07, 6.45) is 3.13. The van der Waals surface area contributed by atoms with Crippen LogP contribution >= 0.6 is 11.8 Å². The molecule has 0 radical (unpaired) electrons. The Bertz CT molecular complexity index is 801. The van der Waals surface area contributed by atoms with Gasteiger partial charge in [0.25, 0.3) is 5.56 Å². The summed E-state index contributed by atoms with van der Waals surface area (Å²) in [5.74, 6) is 0.872. The molecule has 142 valence electrons. The molecule has 1 unspecified atom stereocenters. The number of para-hydroxylation sites is 1. The second-order valence-electron chi connectivity index (χ2n) is 7.00. The third-order valence-corrected chi connectivity index (χ3v) is 5.28. The average molecular weight is 376 g/mol. The van der Waals surface area contributed by atoms with Gasteiger partial charge in [-0.15, -0.1) is 0 Å². The van der Waals surface area contributed by atoms with Crippen LogP contribution in [0, 0.1) is 5.92 Å². The van der Waals surface area contributed by atoms with E-state index in [0.29, 0.717) is 28.5 Å². The molecule has 1 amide bonds. The molecule has 0 aliphatic carbocycles. The molecule has 0 fully saturated rings. The molecule has 0 saturated heterocycles. The van der Waals surface area contributed by atoms with E-state index in [1.807, 2.05) is 31.2 Å². The Labute approximate surface area is 159 Å². The molecule has 26 heavy (non-hydrogen) atoms. The Morgan fingerprint density at radius 3 is 2.65 bits per heavy atom. The van der Waals surface area contributed by atoms with Gasteiger partial charge in [-0.25, -0.2) is 4.98 Å². The first-order chi connectivity index (χ1) is 12.4. The molecule has 0 aliphatic heterocycles. The molecule has 0 bridgehead atoms. The minimum Gasteiger partial charge on any atom is -0.356 e. The van der Waals surface area contributed by atoms with Gasteiger partial charge in [-0.3, -0.25) is 14.2 Å². The predicted octanol–water partition coefficient (Wildman–Crippen LogP) is 4.01. The molecule has 1 aromatic carbocycles. The number of hydrogen-bond donors (Lipinski definition) is 1. The number of hydrogen-bond acceptors (Lipinski definition) is 4. The van der Waals surface area contributed by atoms with Gasteiger partial charge in [-0.2, -0.15) is 0 Å². The van der Waals surface area contributed by atoms with E-state index >= 15 is 0 Å². The maximum Gasteiger partial charge on any atom is 0.262 e. The second kappa shape index (κ2) is 9.76. The molecule has 1 atom stereocenters. The minimum absolute atomic E-state index is 0.0222. The molecule has 1 aromatic heterocycles. The molecule has 1 N–H and O–H groups in total. The SMILES string of the molecule is CCNC(=O)CSc1nc2ccccc2c(=O)n1C(C)CCCC(C)C. The number of benzene rings is 1. The Balaban J connectivity index is 2.33. The lowest BCUT2D eigenvalue weighted by Gasteiger charge is -2.20. The van der Waals surface area contributed by atoms with Crippen LogP contribution in [0.1, 0.15) is 53.0 Å². The first-order valence-corrected chi connectivity index (χ1v) is 10.3. The predicted molar refractivity (Wildman–Crippen MR) is 109 cm³/mol. The van der Waals surface area contributed by atoms with Gasteiger partial charge < -0.3 is 5.32 Å². The van der Waals surface area contributed by atoms with Crippen LogP contribution in [0.4, 0.5) is 0 Å². The van der Waals surface area contributed by atoms with Crippen molar-refractivity contribution in [1.29, 1.82) is 0 Å². The van der Waals surface area contributed by atoms with E-state index in [4.69, 9.17) is 0 Å². The lowest BCUT2D eigenvalue weighted by molar-refractivity contribution is -0.118. The van der Waals surface area contributed by atoms with E-state index in [9.17, 15) is 9.59 Å². The van der Waals surface area contributed by atoms with E-state index in [0.717, 1.165) is 19.3 Å². The molecule has 2 rings (SSSR count). The van der Waals surface area contributed by atoms with Gasteiger partial charge in [-0.1, -0.05) is 50.6 Å². The topological polar surface area (TPSA) is 64.0 Å². The number of carbonyl (C=O) groups is 1. The van der Waals surface area contributed by atoms with Gasteiger partial charge in [0.05, 0.1) is 16.7 Å². The Morgan fingerprint density at radius 2 is 1.96 bits per heavy atom. The molecule has 5 nitrogen and oxygen atoms in total. The maximum absolute atomic E-state index is 13.1. The molecule has 0 saturated carbocycles. The van der Waals surface area contributed by atoms with Crippen molar-refractivity contribution in [2.75, 3.05) is 12.3 Å². The normalized spacial score (nSPS) is 12.5. The van der Waals surface area contributed by atoms with Crippen LogP contribution in [0.15, 0.2) is 34.2 Å². The van der Waals surface area contributed by atoms with Gasteiger partial charge in [0.2, 0.25) is 5.91 Å². The Hall–Kier alpha value is -1.82. The van der Waals surface area contributed by atoms with Crippen LogP contribution in [0.3, 0.4) is 0 Å². The highest BCUT2D eigenvalue weighted by Crippen LogP contribution is 2.24. The lowest BCUT2D eigenvalue weighted by atomic mass is 10.0. The highest BCUT2D eigenvalue weighted by atomic mass is 32.2. The fraction of sp³-hybridized carbons (Fsp3) is 0.550. The van der Waals surface area contributed by atoms with Crippen molar-refractivity contribution in [3.05, 3.63) is 34.6 Å². The highest BCUT2D eigenvalue weighted by molar-refractivity contribution is 7.99. The Kier molecular flexibility index (Phi) is 7.69. The minimum atomic E-state index is -0.0427. The number of amides is 1. The molecular weight excluding hydrogens is 346 g/mol. The fourth-order valence-corrected chi connectivity index (χ4v) is 3.87. The standard InChI is InChI=1S/C20H29N3O2S/c1-5-21-18(24)13-26-20-22-17-12-7-6-11-16(17)19(25)23(20)15(4)10-8-9-14(2)3/h6-7,11-12,14-15H,5,8-10,13H2,1-4H3,(H,21,24). The largest absolute Gasteiger partial charge is 0.356 e. The molecule has 6 heteroatoms. The molecule has 1 heterocycles. The number of thioether (sulfide) groups is 1. The lowest BCUT2D eigenvalue weighted by Crippen LogP contribution is -2.28. The van der Waals surface area contributed by atoms with Gasteiger partial charge in [0.15, 0.2) is 5.16 Å². The van der Waals surface area contributed by atoms with Crippen molar-refractivity contribution in [3.8, 4) is 0 Å². The zero-order valence-electron chi connectivity index (χ0n) is 16.1. The van der Waals surface area contributed by atoms with E-state index < -0.39 is 0 Å². The molecule has 0 spiro atoms. The summed E-state index contributed by atoms with van der Waals surface area (Å²) in [5, 5.41) is 4.04. The first kappa shape index (κ1) is 20.5. The van der Waals surface area contributed by atoms with Crippen LogP contribution in [-0.2, 0) is 4.79 Å². The van der Waals surface area contributed by atoms with Gasteiger partial charge in [0.1, 0.15) is 0 Å². The second-order valence-corrected chi connectivity index (χ2v) is 7.95. The van der Waals surface area contributed by atoms with Crippen LogP contribution in [0.2, 0.25) is 0 Å². The van der Waals surface area contributed by atoms with Crippen LogP contribution in [0.5, 0.6) is 0 Å². The molecule has 2 aromatic rings. The van der Waals surface area contributed by atoms with E-state index in [2.05, 4.69) is 31.1 Å². The molecular formula is C20H29N3O2S. The smallest absolute Gasteiger partial charge is 0.262 e. The van der Waals surface area contributed by atoms with Crippen molar-refractivity contribution in [3.63, 3.8) is 0 Å². The van der Waals surface area contributed by atoms with E-state index in [1.54, 1.807) is 4.57 Å². The third kappa shape index (κ3) is 5.34. The van der Waals surface area contributed by atoms with E-state index in [1.165, 1.54) is 11.8 Å². The van der Waals surface area contributed by atoms with Gasteiger partial charge >= 0.3 is 0 Å². The van der Waals surface area contributed by atoms with Crippen molar-refractivity contribution in [2.24, 2.45) is 5.92 Å². The average Bonchev–Trinajstić information content (AvgIpc) is 2.60. The summed E-state index contributed by atoms with van der Waals surface area (Å²) < 4.78 is 1.77. The number of carbonyl (C=O) groups excluding carboxylic acids is 1. The number of aromatic nitrogens is 2. The Morgan fingerprint density at radius 1 is 1.23 bits per heavy atom. The van der Waals surface area contributed by atoms with Crippen molar-refractivity contribution in [2.45, 2.75) is 58.2 Å². The molecule has 0 aliphatic rings. The maximum atomic E-state index is 13.1. The summed E-state index contributed by atoms with van der Waals surface area (Å²) in [6, 6.07) is 7.46. The van der Waals surface area contributed by atoms with Crippen LogP contribution in [0.25, 0.3) is 10.9 Å². The van der Waals surface area contributed by atoms with Gasteiger partial charge in [0, 0.05) is 12.6 Å². The zero-order valence-corrected chi connectivity index (χ0v) is 16.9. The fourth-order valence-electron chi connectivity index (χ4n) is 2.94. The van der Waals surface area contributed by atoms with Crippen molar-refractivity contribution < 1.29 is 4.79 Å². The third-order valence-electron chi connectivity index (χ3n) is 4.33. The van der Waals surface area contributed by atoms with Crippen LogP contribution < -0.4 is 10.9 Å². The number of nitrogens with zero attached hydrogens (tertiary/aromatic N) is 2. The van der Waals surface area contributed by atoms with Crippen LogP contribution in [-0.4, -0.2) is 27.8 Å². The number of nitrogens with one attached hydrogen (secondary N) is 1. The quantitative estimate of drug-likeness (QED) is 0.531. The first-order valence-electron chi connectivity index (χ1n) is 9.34. The summed E-state index contributed by atoms with van der Waals surface area (Å²) in [4.78, 5) is 29.6. The van der Waals surface area contributed by atoms with E-state index in [-0.39, 0.29) is 23.3 Å². The summed E-state index contributed by atoms with van der Waals surface area (Å²) in [5.41, 5.74) is 0.660. The number of rotatable bonds is 9. The highest BCUT2D eigenvalue weighted by Gasteiger charge is 2.17. The van der Waals surface area contributed by atoms with Crippen molar-refractivity contribution >= 4 is 28.6 Å². The summed E-state index contributed by atoms with van der Waals surface area (Å²) >= 11 is 1.33. The van der Waals surface area contributed by atoms with Crippen molar-refractivity contribution in [1.82, 2.24) is 14.9 Å². The summed E-state index contributed by atoms with van der Waals surface area (Å²) in [6.45, 7) is 8.98. The summed E-state index contributed by atoms with van der Waals surface area (Å²) in [7, 11) is 0. The monoisotopic (exact) mass is 375 g/mol. The zero-order chi connectivity index (χ0) is 19.1.